The Morgan fingerprint density at radius 3 is 2.71 bits per heavy atom. The van der Waals surface area contributed by atoms with Gasteiger partial charge in [-0.3, -0.25) is 5.32 Å². The third kappa shape index (κ3) is 4.67. The second-order valence-electron chi connectivity index (χ2n) is 4.15. The standard InChI is InChI=1S/C13H13F2N3O2S/c1-18(13(19)17-12-16-6-7-21-12)8-9-2-4-10(5-3-9)20-11(14)15/h2-7,11H,8H2,1H3,(H,16,17,19). The summed E-state index contributed by atoms with van der Waals surface area (Å²) in [7, 11) is 1.63. The lowest BCUT2D eigenvalue weighted by atomic mass is 10.2. The monoisotopic (exact) mass is 313 g/mol. The Morgan fingerprint density at radius 2 is 2.14 bits per heavy atom. The number of nitrogens with zero attached hydrogens (tertiary/aromatic N) is 2. The molecule has 0 spiro atoms. The van der Waals surface area contributed by atoms with Gasteiger partial charge in [0, 0.05) is 25.2 Å². The minimum atomic E-state index is -2.84. The minimum Gasteiger partial charge on any atom is -0.435 e. The van der Waals surface area contributed by atoms with Gasteiger partial charge in [-0.15, -0.1) is 11.3 Å². The zero-order valence-corrected chi connectivity index (χ0v) is 11.9. The Balaban J connectivity index is 1.89. The first-order valence-corrected chi connectivity index (χ1v) is 6.88. The fourth-order valence-electron chi connectivity index (χ4n) is 1.59. The van der Waals surface area contributed by atoms with Crippen LogP contribution in [0.1, 0.15) is 5.56 Å². The average molecular weight is 313 g/mol. The number of ether oxygens (including phenoxy) is 1. The number of hydrogen-bond acceptors (Lipinski definition) is 4. The highest BCUT2D eigenvalue weighted by molar-refractivity contribution is 7.13. The summed E-state index contributed by atoms with van der Waals surface area (Å²) in [4.78, 5) is 17.3. The molecule has 5 nitrogen and oxygen atoms in total. The van der Waals surface area contributed by atoms with Crippen molar-refractivity contribution >= 4 is 22.5 Å². The second-order valence-corrected chi connectivity index (χ2v) is 5.04. The molecule has 0 bridgehead atoms. The van der Waals surface area contributed by atoms with Crippen LogP contribution in [0.4, 0.5) is 18.7 Å². The molecule has 1 N–H and O–H groups in total. The van der Waals surface area contributed by atoms with Crippen LogP contribution >= 0.6 is 11.3 Å². The molecular weight excluding hydrogens is 300 g/mol. The summed E-state index contributed by atoms with van der Waals surface area (Å²) in [6.45, 7) is -2.51. The molecule has 1 heterocycles. The van der Waals surface area contributed by atoms with E-state index in [1.54, 1.807) is 30.8 Å². The second kappa shape index (κ2) is 6.98. The Bertz CT molecular complexity index is 576. The third-order valence-electron chi connectivity index (χ3n) is 2.56. The first-order valence-electron chi connectivity index (χ1n) is 6.00. The fraction of sp³-hybridized carbons (Fsp3) is 0.231. The number of halogens is 2. The third-order valence-corrected chi connectivity index (χ3v) is 3.25. The van der Waals surface area contributed by atoms with Crippen molar-refractivity contribution in [2.24, 2.45) is 0 Å². The van der Waals surface area contributed by atoms with Crippen LogP contribution in [-0.2, 0) is 6.54 Å². The van der Waals surface area contributed by atoms with E-state index < -0.39 is 6.61 Å². The maximum absolute atomic E-state index is 12.0. The Kier molecular flexibility index (Phi) is 5.04. The summed E-state index contributed by atoms with van der Waals surface area (Å²) in [6.07, 6.45) is 1.60. The van der Waals surface area contributed by atoms with Crippen LogP contribution in [0, 0.1) is 0 Å². The van der Waals surface area contributed by atoms with E-state index in [4.69, 9.17) is 0 Å². The molecule has 0 radical (unpaired) electrons. The molecule has 0 saturated carbocycles. The lowest BCUT2D eigenvalue weighted by molar-refractivity contribution is -0.0498. The van der Waals surface area contributed by atoms with Crippen LogP contribution in [0.2, 0.25) is 0 Å². The van der Waals surface area contributed by atoms with Crippen LogP contribution in [-0.4, -0.2) is 29.6 Å². The van der Waals surface area contributed by atoms with Gasteiger partial charge in [-0.05, 0) is 17.7 Å². The van der Waals surface area contributed by atoms with Crippen LogP contribution in [0.5, 0.6) is 5.75 Å². The largest absolute Gasteiger partial charge is 0.435 e. The number of carbonyl (C=O) groups is 1. The predicted octanol–water partition coefficient (Wildman–Crippen LogP) is 3.41. The van der Waals surface area contributed by atoms with Crippen molar-refractivity contribution in [3.63, 3.8) is 0 Å². The lowest BCUT2D eigenvalue weighted by Gasteiger charge is -2.17. The maximum atomic E-state index is 12.0. The molecule has 0 unspecified atom stereocenters. The molecule has 2 rings (SSSR count). The molecular formula is C13H13F2N3O2S. The van der Waals surface area contributed by atoms with E-state index >= 15 is 0 Å². The molecule has 0 aliphatic heterocycles. The zero-order chi connectivity index (χ0) is 15.2. The molecule has 2 amide bonds. The lowest BCUT2D eigenvalue weighted by Crippen LogP contribution is -2.30. The zero-order valence-electron chi connectivity index (χ0n) is 11.1. The quantitative estimate of drug-likeness (QED) is 0.920. The molecule has 112 valence electrons. The summed E-state index contributed by atoms with van der Waals surface area (Å²) in [5.41, 5.74) is 0.799. The van der Waals surface area contributed by atoms with Crippen molar-refractivity contribution in [2.75, 3.05) is 12.4 Å². The highest BCUT2D eigenvalue weighted by Crippen LogP contribution is 2.16. The Labute approximate surface area is 124 Å². The number of aromatic nitrogens is 1. The minimum absolute atomic E-state index is 0.0867. The molecule has 8 heteroatoms. The van der Waals surface area contributed by atoms with Gasteiger partial charge in [-0.1, -0.05) is 12.1 Å². The Hall–Kier alpha value is -2.22. The van der Waals surface area contributed by atoms with E-state index in [1.807, 2.05) is 0 Å². The molecule has 0 fully saturated rings. The van der Waals surface area contributed by atoms with Crippen molar-refractivity contribution in [1.29, 1.82) is 0 Å². The number of thiazole rings is 1. The van der Waals surface area contributed by atoms with E-state index in [2.05, 4.69) is 15.0 Å². The van der Waals surface area contributed by atoms with Crippen LogP contribution in [0.15, 0.2) is 35.8 Å². The van der Waals surface area contributed by atoms with E-state index in [0.717, 1.165) is 5.56 Å². The first-order chi connectivity index (χ1) is 10.0. The van der Waals surface area contributed by atoms with Gasteiger partial charge in [0.1, 0.15) is 5.75 Å². The fourth-order valence-corrected chi connectivity index (χ4v) is 2.11. The van der Waals surface area contributed by atoms with Crippen molar-refractivity contribution in [3.8, 4) is 5.75 Å². The van der Waals surface area contributed by atoms with Gasteiger partial charge >= 0.3 is 12.6 Å². The van der Waals surface area contributed by atoms with Crippen molar-refractivity contribution in [1.82, 2.24) is 9.88 Å². The molecule has 2 aromatic rings. The average Bonchev–Trinajstić information content (AvgIpc) is 2.93. The number of hydrogen-bond donors (Lipinski definition) is 1. The normalized spacial score (nSPS) is 10.5. The highest BCUT2D eigenvalue weighted by atomic mass is 32.1. The summed E-state index contributed by atoms with van der Waals surface area (Å²) in [5.74, 6) is 0.0867. The van der Waals surface area contributed by atoms with Gasteiger partial charge in [0.2, 0.25) is 0 Å². The van der Waals surface area contributed by atoms with Crippen LogP contribution in [0.25, 0.3) is 0 Å². The molecule has 1 aromatic carbocycles. The smallest absolute Gasteiger partial charge is 0.387 e. The van der Waals surface area contributed by atoms with E-state index in [9.17, 15) is 13.6 Å². The van der Waals surface area contributed by atoms with Crippen LogP contribution < -0.4 is 10.1 Å². The maximum Gasteiger partial charge on any atom is 0.387 e. The highest BCUT2D eigenvalue weighted by Gasteiger charge is 2.11. The summed E-state index contributed by atoms with van der Waals surface area (Å²) in [6, 6.07) is 5.84. The number of benzene rings is 1. The molecule has 21 heavy (non-hydrogen) atoms. The summed E-state index contributed by atoms with van der Waals surface area (Å²) < 4.78 is 28.3. The molecule has 0 aliphatic carbocycles. The van der Waals surface area contributed by atoms with Crippen molar-refractivity contribution in [2.45, 2.75) is 13.2 Å². The van der Waals surface area contributed by atoms with Crippen LogP contribution in [0.3, 0.4) is 0 Å². The van der Waals surface area contributed by atoms with E-state index in [0.29, 0.717) is 11.7 Å². The van der Waals surface area contributed by atoms with Gasteiger partial charge in [0.05, 0.1) is 0 Å². The van der Waals surface area contributed by atoms with Gasteiger partial charge in [0.25, 0.3) is 0 Å². The molecule has 1 aromatic heterocycles. The predicted molar refractivity (Wildman–Crippen MR) is 75.7 cm³/mol. The van der Waals surface area contributed by atoms with Crippen molar-refractivity contribution in [3.05, 3.63) is 41.4 Å². The number of amides is 2. The number of anilines is 1. The number of urea groups is 1. The topological polar surface area (TPSA) is 54.5 Å². The van der Waals surface area contributed by atoms with Gasteiger partial charge < -0.3 is 9.64 Å². The van der Waals surface area contributed by atoms with E-state index in [-0.39, 0.29) is 11.8 Å². The Morgan fingerprint density at radius 1 is 1.43 bits per heavy atom. The molecule has 0 aliphatic rings. The SMILES string of the molecule is CN(Cc1ccc(OC(F)F)cc1)C(=O)Nc1nccs1. The number of rotatable bonds is 5. The number of alkyl halides is 2. The molecule has 0 atom stereocenters. The number of carbonyl (C=O) groups excluding carboxylic acids is 1. The van der Waals surface area contributed by atoms with Gasteiger partial charge in [-0.2, -0.15) is 8.78 Å². The summed E-state index contributed by atoms with van der Waals surface area (Å²) in [5, 5.41) is 4.93. The van der Waals surface area contributed by atoms with Gasteiger partial charge in [0.15, 0.2) is 5.13 Å². The summed E-state index contributed by atoms with van der Waals surface area (Å²) >= 11 is 1.33. The van der Waals surface area contributed by atoms with Crippen molar-refractivity contribution < 1.29 is 18.3 Å². The van der Waals surface area contributed by atoms with E-state index in [1.165, 1.54) is 28.4 Å². The van der Waals surface area contributed by atoms with Gasteiger partial charge in [-0.25, -0.2) is 9.78 Å². The number of nitrogens with one attached hydrogen (secondary N) is 1. The first kappa shape index (κ1) is 15.2. The molecule has 0 saturated heterocycles.